The normalized spacial score (nSPS) is 12.1. The van der Waals surface area contributed by atoms with Crippen LogP contribution in [-0.2, 0) is 4.74 Å². The van der Waals surface area contributed by atoms with E-state index in [1.165, 1.54) is 0 Å². The Morgan fingerprint density at radius 3 is 2.62 bits per heavy atom. The highest BCUT2D eigenvalue weighted by molar-refractivity contribution is 6.32. The van der Waals surface area contributed by atoms with Crippen LogP contribution in [0.5, 0.6) is 5.75 Å². The highest BCUT2D eigenvalue weighted by Crippen LogP contribution is 2.22. The lowest BCUT2D eigenvalue weighted by Gasteiger charge is -2.24. The molecule has 0 bridgehead atoms. The second-order valence-electron chi connectivity index (χ2n) is 5.10. The Hall–Kier alpha value is -1.46. The molecule has 0 radical (unpaired) electrons. The summed E-state index contributed by atoms with van der Waals surface area (Å²) >= 11 is 6.01. The molecule has 0 saturated carbocycles. The van der Waals surface area contributed by atoms with Crippen LogP contribution in [0.4, 0.5) is 0 Å². The molecule has 1 aromatic rings. The van der Waals surface area contributed by atoms with E-state index in [2.05, 4.69) is 15.6 Å². The topological polar surface area (TPSA) is 54.9 Å². The largest absolute Gasteiger partial charge is 0.490 e. The summed E-state index contributed by atoms with van der Waals surface area (Å²) in [6.07, 6.45) is 0. The molecular weight excluding hydrogens is 290 g/mol. The summed E-state index contributed by atoms with van der Waals surface area (Å²) in [6, 6.07) is 7.41. The van der Waals surface area contributed by atoms with Gasteiger partial charge in [0.05, 0.1) is 17.2 Å². The van der Waals surface area contributed by atoms with Crippen molar-refractivity contribution in [3.05, 3.63) is 29.3 Å². The molecule has 2 N–H and O–H groups in total. The summed E-state index contributed by atoms with van der Waals surface area (Å²) in [6.45, 7) is 5.80. The van der Waals surface area contributed by atoms with Crippen molar-refractivity contribution >= 4 is 17.6 Å². The second-order valence-corrected chi connectivity index (χ2v) is 5.50. The van der Waals surface area contributed by atoms with E-state index in [9.17, 15) is 0 Å². The highest BCUT2D eigenvalue weighted by Gasteiger charge is 2.16. The van der Waals surface area contributed by atoms with E-state index in [0.29, 0.717) is 36.4 Å². The Labute approximate surface area is 131 Å². The average Bonchev–Trinajstić information content (AvgIpc) is 2.48. The fraction of sp³-hybridized carbons (Fsp3) is 0.533. The number of rotatable bonds is 7. The first-order chi connectivity index (χ1) is 9.98. The van der Waals surface area contributed by atoms with Crippen LogP contribution in [0.3, 0.4) is 0 Å². The zero-order valence-electron chi connectivity index (χ0n) is 13.1. The zero-order valence-corrected chi connectivity index (χ0v) is 13.8. The molecule has 5 nitrogen and oxygen atoms in total. The Balaban J connectivity index is 2.29. The van der Waals surface area contributed by atoms with E-state index in [1.807, 2.05) is 32.0 Å². The smallest absolute Gasteiger partial charge is 0.191 e. The molecule has 1 aromatic carbocycles. The van der Waals surface area contributed by atoms with Crippen LogP contribution in [0.2, 0.25) is 5.02 Å². The van der Waals surface area contributed by atoms with Crippen LogP contribution in [0, 0.1) is 0 Å². The number of hydrogen-bond acceptors (Lipinski definition) is 3. The number of para-hydroxylation sites is 1. The highest BCUT2D eigenvalue weighted by atomic mass is 35.5. The van der Waals surface area contributed by atoms with E-state index < -0.39 is 0 Å². The Bertz CT molecular complexity index is 464. The molecule has 118 valence electrons. The number of aliphatic imine (C=N–C) groups is 1. The van der Waals surface area contributed by atoms with Crippen LogP contribution in [0.25, 0.3) is 0 Å². The minimum atomic E-state index is -0.244. The minimum Gasteiger partial charge on any atom is -0.490 e. The van der Waals surface area contributed by atoms with E-state index in [0.717, 1.165) is 0 Å². The molecule has 0 saturated heterocycles. The third-order valence-electron chi connectivity index (χ3n) is 2.95. The van der Waals surface area contributed by atoms with Crippen molar-refractivity contribution < 1.29 is 9.47 Å². The lowest BCUT2D eigenvalue weighted by molar-refractivity contribution is 0.0268. The molecule has 6 heteroatoms. The van der Waals surface area contributed by atoms with E-state index >= 15 is 0 Å². The van der Waals surface area contributed by atoms with Gasteiger partial charge in [0.25, 0.3) is 0 Å². The van der Waals surface area contributed by atoms with Crippen LogP contribution in [0.15, 0.2) is 29.3 Å². The molecule has 0 fully saturated rings. The van der Waals surface area contributed by atoms with Gasteiger partial charge in [0.1, 0.15) is 12.4 Å². The summed E-state index contributed by atoms with van der Waals surface area (Å²) in [5.74, 6) is 1.40. The first kappa shape index (κ1) is 17.6. The van der Waals surface area contributed by atoms with Crippen LogP contribution >= 0.6 is 11.6 Å². The third-order valence-corrected chi connectivity index (χ3v) is 3.26. The predicted molar refractivity (Wildman–Crippen MR) is 87.4 cm³/mol. The van der Waals surface area contributed by atoms with Crippen LogP contribution in [-0.4, -0.2) is 45.4 Å². The Morgan fingerprint density at radius 2 is 2.00 bits per heavy atom. The van der Waals surface area contributed by atoms with Gasteiger partial charge in [-0.2, -0.15) is 0 Å². The van der Waals surface area contributed by atoms with Gasteiger partial charge in [0, 0.05) is 20.7 Å². The molecule has 0 heterocycles. The molecule has 0 atom stereocenters. The SMILES string of the molecule is CN=C(NCCOc1ccccc1Cl)NCC(C)(C)OC. The van der Waals surface area contributed by atoms with Gasteiger partial charge in [-0.1, -0.05) is 23.7 Å². The summed E-state index contributed by atoms with van der Waals surface area (Å²) < 4.78 is 10.9. The second kappa shape index (κ2) is 8.74. The lowest BCUT2D eigenvalue weighted by atomic mass is 10.1. The van der Waals surface area contributed by atoms with Gasteiger partial charge >= 0.3 is 0 Å². The number of guanidine groups is 1. The molecule has 0 aliphatic rings. The molecule has 0 unspecified atom stereocenters. The molecule has 0 aromatic heterocycles. The summed E-state index contributed by atoms with van der Waals surface area (Å²) in [5, 5.41) is 6.99. The summed E-state index contributed by atoms with van der Waals surface area (Å²) in [4.78, 5) is 4.14. The maximum atomic E-state index is 6.01. The Morgan fingerprint density at radius 1 is 1.29 bits per heavy atom. The number of hydrogen-bond donors (Lipinski definition) is 2. The number of ether oxygens (including phenoxy) is 2. The molecule has 21 heavy (non-hydrogen) atoms. The number of nitrogens with one attached hydrogen (secondary N) is 2. The average molecular weight is 314 g/mol. The predicted octanol–water partition coefficient (Wildman–Crippen LogP) is 2.31. The van der Waals surface area contributed by atoms with Crippen molar-refractivity contribution in [2.24, 2.45) is 4.99 Å². The molecule has 0 amide bonds. The maximum absolute atomic E-state index is 6.01. The standard InChI is InChI=1S/C15H24ClN3O2/c1-15(2,20-4)11-19-14(17-3)18-9-10-21-13-8-6-5-7-12(13)16/h5-8H,9-11H2,1-4H3,(H2,17,18,19). The van der Waals surface area contributed by atoms with Crippen LogP contribution in [0.1, 0.15) is 13.8 Å². The molecule has 0 aliphatic heterocycles. The monoisotopic (exact) mass is 313 g/mol. The van der Waals surface area contributed by atoms with Crippen LogP contribution < -0.4 is 15.4 Å². The fourth-order valence-corrected chi connectivity index (χ4v) is 1.67. The quantitative estimate of drug-likeness (QED) is 0.461. The van der Waals surface area contributed by atoms with Crippen molar-refractivity contribution in [3.63, 3.8) is 0 Å². The molecule has 0 spiro atoms. The van der Waals surface area contributed by atoms with E-state index in [-0.39, 0.29) is 5.60 Å². The van der Waals surface area contributed by atoms with Gasteiger partial charge in [-0.15, -0.1) is 0 Å². The van der Waals surface area contributed by atoms with Gasteiger partial charge in [0.15, 0.2) is 5.96 Å². The third kappa shape index (κ3) is 6.69. The zero-order chi connectivity index (χ0) is 15.7. The molecule has 1 rings (SSSR count). The first-order valence-corrected chi connectivity index (χ1v) is 7.23. The summed E-state index contributed by atoms with van der Waals surface area (Å²) in [5.41, 5.74) is -0.244. The number of benzene rings is 1. The van der Waals surface area contributed by atoms with Gasteiger partial charge in [-0.05, 0) is 26.0 Å². The van der Waals surface area contributed by atoms with Gasteiger partial charge < -0.3 is 20.1 Å². The maximum Gasteiger partial charge on any atom is 0.191 e. The lowest BCUT2D eigenvalue weighted by Crippen LogP contribution is -2.46. The number of methoxy groups -OCH3 is 1. The fourth-order valence-electron chi connectivity index (χ4n) is 1.48. The van der Waals surface area contributed by atoms with E-state index in [1.54, 1.807) is 20.2 Å². The minimum absolute atomic E-state index is 0.244. The van der Waals surface area contributed by atoms with Crippen molar-refractivity contribution in [1.82, 2.24) is 10.6 Å². The van der Waals surface area contributed by atoms with Crippen molar-refractivity contribution in [3.8, 4) is 5.75 Å². The van der Waals surface area contributed by atoms with Crippen molar-refractivity contribution in [2.75, 3.05) is 33.9 Å². The van der Waals surface area contributed by atoms with Gasteiger partial charge in [0.2, 0.25) is 0 Å². The van der Waals surface area contributed by atoms with E-state index in [4.69, 9.17) is 21.1 Å². The number of halogens is 1. The van der Waals surface area contributed by atoms with Gasteiger partial charge in [-0.25, -0.2) is 0 Å². The van der Waals surface area contributed by atoms with Gasteiger partial charge in [-0.3, -0.25) is 4.99 Å². The number of nitrogens with zero attached hydrogens (tertiary/aromatic N) is 1. The first-order valence-electron chi connectivity index (χ1n) is 6.85. The molecular formula is C15H24ClN3O2. The Kier molecular flexibility index (Phi) is 7.32. The van der Waals surface area contributed by atoms with Crippen molar-refractivity contribution in [2.45, 2.75) is 19.4 Å². The van der Waals surface area contributed by atoms with Crippen molar-refractivity contribution in [1.29, 1.82) is 0 Å². The molecule has 0 aliphatic carbocycles. The summed E-state index contributed by atoms with van der Waals surface area (Å²) in [7, 11) is 3.42.